The maximum Gasteiger partial charge on any atom is 0.316 e. The molecule has 0 aromatic rings. The van der Waals surface area contributed by atoms with Crippen LogP contribution < -0.4 is 0 Å². The van der Waals surface area contributed by atoms with E-state index in [0.29, 0.717) is 0 Å². The summed E-state index contributed by atoms with van der Waals surface area (Å²) in [6.45, 7) is 1.08. The van der Waals surface area contributed by atoms with E-state index >= 15 is 0 Å². The Morgan fingerprint density at radius 2 is 1.06 bits per heavy atom. The van der Waals surface area contributed by atoms with Gasteiger partial charge in [-0.2, -0.15) is 8.42 Å². The fourth-order valence-electron chi connectivity index (χ4n) is 0. The van der Waals surface area contributed by atoms with Crippen LogP contribution in [-0.2, 0) is 19.8 Å². The van der Waals surface area contributed by atoms with Gasteiger partial charge in [0.05, 0.1) is 0 Å². The zero-order valence-electron chi connectivity index (χ0n) is 6.67. The Morgan fingerprint density at radius 1 is 1.06 bits per heavy atom. The maximum atomic E-state index is 9.00. The first-order valence-corrected chi connectivity index (χ1v) is 5.37. The molecular formula is C2H15CaK2MgO10PS. The molecule has 0 aromatic heterocycles. The third-order valence-electron chi connectivity index (χ3n) is 0. The van der Waals surface area contributed by atoms with Crippen LogP contribution in [0.2, 0.25) is 0 Å². The molecule has 0 aliphatic carbocycles. The summed E-state index contributed by atoms with van der Waals surface area (Å²) >= 11 is 0. The van der Waals surface area contributed by atoms with Gasteiger partial charge in [0.15, 0.2) is 0 Å². The molecule has 0 unspecified atom stereocenters. The molecule has 0 aliphatic rings. The van der Waals surface area contributed by atoms with Crippen molar-refractivity contribution in [1.82, 2.24) is 0 Å². The quantitative estimate of drug-likeness (QED) is 0.130. The molecule has 0 radical (unpaired) electrons. The molecule has 6 N–H and O–H groups in total. The molecule has 0 heterocycles. The predicted octanol–water partition coefficient (Wildman–Crippen LogP) is -4.62. The summed E-state index contributed by atoms with van der Waals surface area (Å²) in [5.74, 6) is -0.833. The van der Waals surface area contributed by atoms with Crippen LogP contribution in [0.15, 0.2) is 0 Å². The normalized spacial score (nSPS) is 7.89. The van der Waals surface area contributed by atoms with Gasteiger partial charge < -0.3 is 19.8 Å². The number of carbonyl (C=O) groups is 1. The van der Waals surface area contributed by atoms with Crippen molar-refractivity contribution in [2.75, 3.05) is 0 Å². The number of carboxylic acids is 1. The van der Waals surface area contributed by atoms with Crippen LogP contribution in [0.4, 0.5) is 0 Å². The fraction of sp³-hybridized carbons (Fsp3) is 0.500. The summed E-state index contributed by atoms with van der Waals surface area (Å²) < 4.78 is 40.5. The van der Waals surface area contributed by atoms with Gasteiger partial charge in [-0.15, -0.1) is 0 Å². The molecule has 100 valence electrons. The Balaban J connectivity index is -0.0000000183. The van der Waals surface area contributed by atoms with E-state index in [-0.39, 0.29) is 164 Å². The molecule has 10 nitrogen and oxygen atoms in total. The van der Waals surface area contributed by atoms with E-state index in [1.165, 1.54) is 0 Å². The second-order valence-corrected chi connectivity index (χ2v) is 3.40. The number of hydrogen-bond donors (Lipinski definition) is 6. The predicted molar refractivity (Wildman–Crippen MR) is 73.1 cm³/mol. The zero-order chi connectivity index (χ0) is 12.6. The zero-order valence-corrected chi connectivity index (χ0v) is 8.38. The molecule has 0 amide bonds. The van der Waals surface area contributed by atoms with Gasteiger partial charge in [-0.25, -0.2) is 4.57 Å². The molecule has 18 heavy (non-hydrogen) atoms. The van der Waals surface area contributed by atoms with Crippen molar-refractivity contribution in [3.63, 3.8) is 0 Å². The SMILES string of the molecule is CC(=O)O.O=P(O)(O)O.O=S(=O)(O)O.[CaH2].[KH].[KH].[MgH2]. The van der Waals surface area contributed by atoms with E-state index in [4.69, 9.17) is 46.7 Å². The van der Waals surface area contributed by atoms with E-state index in [0.717, 1.165) is 6.92 Å². The summed E-state index contributed by atoms with van der Waals surface area (Å²) in [6.07, 6.45) is 0. The summed E-state index contributed by atoms with van der Waals surface area (Å²) in [4.78, 5) is 30.6. The van der Waals surface area contributed by atoms with Crippen molar-refractivity contribution in [2.24, 2.45) is 0 Å². The van der Waals surface area contributed by atoms with E-state index in [2.05, 4.69) is 0 Å². The van der Waals surface area contributed by atoms with Gasteiger partial charge in [0.2, 0.25) is 0 Å². The average Bonchev–Trinajstić information content (AvgIpc) is 1.45. The van der Waals surface area contributed by atoms with Gasteiger partial charge in [-0.1, -0.05) is 0 Å². The van der Waals surface area contributed by atoms with Crippen LogP contribution in [-0.4, -0.2) is 207 Å². The number of carboxylic acid groups (broad SMARTS) is 1. The summed E-state index contributed by atoms with van der Waals surface area (Å²) in [5, 5.41) is 7.42. The van der Waals surface area contributed by atoms with Crippen LogP contribution in [0.3, 0.4) is 0 Å². The van der Waals surface area contributed by atoms with Crippen molar-refractivity contribution in [1.29, 1.82) is 0 Å². The van der Waals surface area contributed by atoms with Crippen molar-refractivity contribution >= 4 is 188 Å². The third-order valence-corrected chi connectivity index (χ3v) is 0. The number of rotatable bonds is 0. The van der Waals surface area contributed by atoms with Crippen molar-refractivity contribution in [3.05, 3.63) is 0 Å². The molecule has 0 atom stereocenters. The Labute approximate surface area is 235 Å². The number of aliphatic carboxylic acids is 1. The van der Waals surface area contributed by atoms with Crippen LogP contribution >= 0.6 is 7.82 Å². The van der Waals surface area contributed by atoms with Crippen molar-refractivity contribution in [2.45, 2.75) is 6.92 Å². The smallest absolute Gasteiger partial charge is 0.316 e. The molecule has 16 heteroatoms. The fourth-order valence-corrected chi connectivity index (χ4v) is 0. The average molecular weight is 405 g/mol. The van der Waals surface area contributed by atoms with Crippen LogP contribution in [0.1, 0.15) is 6.92 Å². The van der Waals surface area contributed by atoms with E-state index in [1.807, 2.05) is 0 Å². The van der Waals surface area contributed by atoms with Gasteiger partial charge in [0.25, 0.3) is 5.97 Å². The Kier molecular flexibility index (Phi) is 57.9. The second kappa shape index (κ2) is 24.0. The Hall–Kier alpha value is 4.75. The minimum Gasteiger partial charge on any atom is 0.316 e. The monoisotopic (exact) mass is 404 g/mol. The third kappa shape index (κ3) is 359. The molecule has 0 fully saturated rings. The molecule has 0 rings (SSSR count). The largest absolute Gasteiger partial charge is 0.316 e. The number of hydrogen-bond acceptors (Lipinski definition) is 4. The second-order valence-electron chi connectivity index (χ2n) is 1.48. The first kappa shape index (κ1) is 43.4. The van der Waals surface area contributed by atoms with E-state index in [9.17, 15) is 0 Å². The van der Waals surface area contributed by atoms with Crippen LogP contribution in [0.5, 0.6) is 0 Å². The summed E-state index contributed by atoms with van der Waals surface area (Å²) in [7, 11) is -9.31. The van der Waals surface area contributed by atoms with Gasteiger partial charge in [-0.3, -0.25) is 13.9 Å². The summed E-state index contributed by atoms with van der Waals surface area (Å²) in [6, 6.07) is 0. The van der Waals surface area contributed by atoms with Gasteiger partial charge in [-0.05, 0) is 0 Å². The maximum absolute atomic E-state index is 9.00. The van der Waals surface area contributed by atoms with Gasteiger partial charge in [0, 0.05) is 6.92 Å². The van der Waals surface area contributed by atoms with E-state index in [1.54, 1.807) is 0 Å². The van der Waals surface area contributed by atoms with Gasteiger partial charge in [0.1, 0.15) is 0 Å². The van der Waals surface area contributed by atoms with Crippen molar-refractivity contribution < 1.29 is 46.7 Å². The van der Waals surface area contributed by atoms with E-state index < -0.39 is 24.2 Å². The molecule has 0 saturated heterocycles. The van der Waals surface area contributed by atoms with Gasteiger partial charge >= 0.3 is 182 Å². The first-order valence-electron chi connectivity index (χ1n) is 2.41. The Morgan fingerprint density at radius 3 is 1.06 bits per heavy atom. The molecule has 0 spiro atoms. The van der Waals surface area contributed by atoms with Crippen LogP contribution in [0, 0.1) is 0 Å². The van der Waals surface area contributed by atoms with Crippen LogP contribution in [0.25, 0.3) is 0 Å². The first-order chi connectivity index (χ1) is 5.73. The molecule has 0 saturated carbocycles. The molecule has 0 aromatic carbocycles. The Bertz CT molecular complexity index is 283. The molecule has 0 aliphatic heterocycles. The molecular weight excluding hydrogens is 390 g/mol. The number of phosphoric acid groups is 1. The standard InChI is InChI=1S/C2H4O2.Ca.2K.Mg.H3O4P.H2O4S.6H/c1-2(3)4;;;;;2*1-5(2,3)4;;;;;;/h1H3,(H,3,4);;;;;(H3,1,2,3,4);(H2,1,2,3,4);;;;;;. The topological polar surface area (TPSA) is 190 Å². The summed E-state index contributed by atoms with van der Waals surface area (Å²) in [5.41, 5.74) is 0. The minimum absolute atomic E-state index is 0. The molecule has 0 bridgehead atoms. The van der Waals surface area contributed by atoms with Crippen molar-refractivity contribution in [3.8, 4) is 0 Å². The minimum atomic E-state index is -4.67.